The average molecular weight is 330 g/mol. The molecule has 2 aromatic rings. The second-order valence-electron chi connectivity index (χ2n) is 6.02. The van der Waals surface area contributed by atoms with Crippen molar-refractivity contribution in [1.29, 1.82) is 10.5 Å². The quantitative estimate of drug-likeness (QED) is 0.697. The lowest BCUT2D eigenvalue weighted by Gasteiger charge is -2.25. The molecular weight excluding hydrogens is 316 g/mol. The normalized spacial score (nSPS) is 12.2. The fourth-order valence-electron chi connectivity index (χ4n) is 3.04. The molecule has 6 nitrogen and oxygen atoms in total. The molecule has 0 spiro atoms. The van der Waals surface area contributed by atoms with Gasteiger partial charge in [-0.3, -0.25) is 9.59 Å². The number of nitrogens with two attached hydrogens (primary N) is 1. The lowest BCUT2D eigenvalue weighted by molar-refractivity contribution is 0.0980. The number of nitrogens with one attached hydrogen (secondary N) is 1. The summed E-state index contributed by atoms with van der Waals surface area (Å²) in [6, 6.07) is 10.2. The molecule has 0 aliphatic heterocycles. The second-order valence-corrected chi connectivity index (χ2v) is 6.02. The predicted octanol–water partition coefficient (Wildman–Crippen LogP) is 2.61. The SMILES string of the molecule is CC(C)Nc1c(C#N)c(C#N)c(N)c2c1C(=O)c1ccccc1C2=O. The van der Waals surface area contributed by atoms with E-state index in [0.29, 0.717) is 0 Å². The van der Waals surface area contributed by atoms with E-state index in [0.717, 1.165) is 0 Å². The van der Waals surface area contributed by atoms with Gasteiger partial charge in [0.05, 0.1) is 33.6 Å². The minimum Gasteiger partial charge on any atom is -0.397 e. The van der Waals surface area contributed by atoms with Gasteiger partial charge in [0.15, 0.2) is 11.6 Å². The van der Waals surface area contributed by atoms with Gasteiger partial charge in [-0.05, 0) is 13.8 Å². The topological polar surface area (TPSA) is 120 Å². The number of nitrogen functional groups attached to an aromatic ring is 1. The Hall–Kier alpha value is -3.64. The molecule has 1 aliphatic rings. The zero-order valence-corrected chi connectivity index (χ0v) is 13.7. The van der Waals surface area contributed by atoms with Gasteiger partial charge in [-0.25, -0.2) is 0 Å². The fraction of sp³-hybridized carbons (Fsp3) is 0.158. The predicted molar refractivity (Wildman–Crippen MR) is 92.4 cm³/mol. The van der Waals surface area contributed by atoms with E-state index in [1.807, 2.05) is 26.0 Å². The fourth-order valence-corrected chi connectivity index (χ4v) is 3.04. The third kappa shape index (κ3) is 2.24. The van der Waals surface area contributed by atoms with Crippen molar-refractivity contribution >= 4 is 22.9 Å². The summed E-state index contributed by atoms with van der Waals surface area (Å²) in [6.07, 6.45) is 0. The largest absolute Gasteiger partial charge is 0.397 e. The summed E-state index contributed by atoms with van der Waals surface area (Å²) in [5, 5.41) is 22.0. The van der Waals surface area contributed by atoms with Crippen LogP contribution in [-0.4, -0.2) is 17.6 Å². The molecule has 0 bridgehead atoms. The van der Waals surface area contributed by atoms with E-state index in [2.05, 4.69) is 5.32 Å². The molecule has 0 heterocycles. The lowest BCUT2D eigenvalue weighted by Crippen LogP contribution is -2.26. The van der Waals surface area contributed by atoms with Gasteiger partial charge in [0.1, 0.15) is 12.1 Å². The molecule has 0 amide bonds. The van der Waals surface area contributed by atoms with E-state index < -0.39 is 5.78 Å². The van der Waals surface area contributed by atoms with Crippen LogP contribution < -0.4 is 11.1 Å². The summed E-state index contributed by atoms with van der Waals surface area (Å²) in [5.41, 5.74) is 6.53. The number of carbonyl (C=O) groups is 2. The van der Waals surface area contributed by atoms with Gasteiger partial charge in [0, 0.05) is 17.2 Å². The highest BCUT2D eigenvalue weighted by molar-refractivity contribution is 6.32. The Balaban J connectivity index is 2.48. The van der Waals surface area contributed by atoms with Crippen molar-refractivity contribution in [3.8, 4) is 12.1 Å². The number of rotatable bonds is 2. The number of ketones is 2. The van der Waals surface area contributed by atoms with Crippen molar-refractivity contribution in [3.05, 3.63) is 57.6 Å². The first-order valence-corrected chi connectivity index (χ1v) is 7.66. The Kier molecular flexibility index (Phi) is 3.75. The Morgan fingerprint density at radius 1 is 0.960 bits per heavy atom. The van der Waals surface area contributed by atoms with Gasteiger partial charge >= 0.3 is 0 Å². The summed E-state index contributed by atoms with van der Waals surface area (Å²) < 4.78 is 0. The van der Waals surface area contributed by atoms with Gasteiger partial charge in [-0.2, -0.15) is 10.5 Å². The molecule has 0 radical (unpaired) electrons. The van der Waals surface area contributed by atoms with Crippen LogP contribution in [0.25, 0.3) is 0 Å². The van der Waals surface area contributed by atoms with Crippen LogP contribution in [0.3, 0.4) is 0 Å². The van der Waals surface area contributed by atoms with E-state index in [4.69, 9.17) is 5.73 Å². The van der Waals surface area contributed by atoms with E-state index in [-0.39, 0.29) is 56.6 Å². The van der Waals surface area contributed by atoms with Crippen LogP contribution in [0.2, 0.25) is 0 Å². The van der Waals surface area contributed by atoms with Crippen LogP contribution in [0, 0.1) is 22.7 Å². The van der Waals surface area contributed by atoms with Crippen molar-refractivity contribution < 1.29 is 9.59 Å². The number of benzene rings is 2. The maximum absolute atomic E-state index is 13.0. The Morgan fingerprint density at radius 3 is 1.96 bits per heavy atom. The average Bonchev–Trinajstić information content (AvgIpc) is 2.59. The summed E-state index contributed by atoms with van der Waals surface area (Å²) >= 11 is 0. The van der Waals surface area contributed by atoms with Gasteiger partial charge in [-0.1, -0.05) is 24.3 Å². The first-order valence-electron chi connectivity index (χ1n) is 7.66. The van der Waals surface area contributed by atoms with Crippen molar-refractivity contribution in [3.63, 3.8) is 0 Å². The van der Waals surface area contributed by atoms with Crippen LogP contribution in [-0.2, 0) is 0 Å². The first-order chi connectivity index (χ1) is 11.9. The molecule has 2 aromatic carbocycles. The zero-order chi connectivity index (χ0) is 18.3. The molecule has 3 N–H and O–H groups in total. The van der Waals surface area contributed by atoms with E-state index in [9.17, 15) is 20.1 Å². The first kappa shape index (κ1) is 16.2. The standard InChI is InChI=1S/C19H14N4O2/c1-9(2)23-17-13(8-21)12(7-20)16(22)14-15(17)19(25)11-6-4-3-5-10(11)18(14)24/h3-6,9,23H,22H2,1-2H3. The van der Waals surface area contributed by atoms with Gasteiger partial charge in [-0.15, -0.1) is 0 Å². The molecule has 0 saturated carbocycles. The van der Waals surface area contributed by atoms with Crippen molar-refractivity contribution in [2.45, 2.75) is 19.9 Å². The van der Waals surface area contributed by atoms with E-state index in [1.165, 1.54) is 0 Å². The van der Waals surface area contributed by atoms with Gasteiger partial charge in [0.25, 0.3) is 0 Å². The third-order valence-electron chi connectivity index (χ3n) is 4.07. The Morgan fingerprint density at radius 2 is 1.48 bits per heavy atom. The number of hydrogen-bond donors (Lipinski definition) is 2. The van der Waals surface area contributed by atoms with Crippen LogP contribution in [0.4, 0.5) is 11.4 Å². The molecular formula is C19H14N4O2. The highest BCUT2D eigenvalue weighted by Crippen LogP contribution is 2.40. The Labute approximate surface area is 144 Å². The number of nitrogens with zero attached hydrogens (tertiary/aromatic N) is 2. The number of nitriles is 2. The highest BCUT2D eigenvalue weighted by atomic mass is 16.1. The second kappa shape index (κ2) is 5.77. The Bertz CT molecular complexity index is 1020. The molecule has 25 heavy (non-hydrogen) atoms. The van der Waals surface area contributed by atoms with Gasteiger partial charge < -0.3 is 11.1 Å². The molecule has 0 atom stereocenters. The molecule has 3 rings (SSSR count). The van der Waals surface area contributed by atoms with Gasteiger partial charge in [0.2, 0.25) is 0 Å². The van der Waals surface area contributed by atoms with Crippen LogP contribution in [0.15, 0.2) is 24.3 Å². The molecule has 6 heteroatoms. The maximum Gasteiger partial charge on any atom is 0.196 e. The van der Waals surface area contributed by atoms with Crippen LogP contribution in [0.1, 0.15) is 56.8 Å². The summed E-state index contributed by atoms with van der Waals surface area (Å²) in [5.74, 6) is -0.809. The third-order valence-corrected chi connectivity index (χ3v) is 4.07. The number of fused-ring (bicyclic) bond motifs is 2. The lowest BCUT2D eigenvalue weighted by atomic mass is 9.79. The van der Waals surface area contributed by atoms with Crippen molar-refractivity contribution in [2.24, 2.45) is 0 Å². The van der Waals surface area contributed by atoms with E-state index >= 15 is 0 Å². The molecule has 122 valence electrons. The minimum atomic E-state index is -0.421. The molecule has 1 aliphatic carbocycles. The monoisotopic (exact) mass is 330 g/mol. The molecule has 0 saturated heterocycles. The van der Waals surface area contributed by atoms with Crippen LogP contribution >= 0.6 is 0 Å². The highest BCUT2D eigenvalue weighted by Gasteiger charge is 2.36. The summed E-state index contributed by atoms with van der Waals surface area (Å²) in [4.78, 5) is 26.0. The molecule has 0 unspecified atom stereocenters. The number of carbonyl (C=O) groups excluding carboxylic acids is 2. The van der Waals surface area contributed by atoms with Crippen molar-refractivity contribution in [1.82, 2.24) is 0 Å². The summed E-state index contributed by atoms with van der Waals surface area (Å²) in [6.45, 7) is 3.66. The summed E-state index contributed by atoms with van der Waals surface area (Å²) in [7, 11) is 0. The number of anilines is 2. The smallest absolute Gasteiger partial charge is 0.196 e. The van der Waals surface area contributed by atoms with Crippen molar-refractivity contribution in [2.75, 3.05) is 11.1 Å². The van der Waals surface area contributed by atoms with E-state index in [1.54, 1.807) is 24.3 Å². The minimum absolute atomic E-state index is 0.0117. The maximum atomic E-state index is 13.0. The molecule has 0 aromatic heterocycles. The van der Waals surface area contributed by atoms with Crippen LogP contribution in [0.5, 0.6) is 0 Å². The molecule has 0 fully saturated rings. The number of hydrogen-bond acceptors (Lipinski definition) is 6. The zero-order valence-electron chi connectivity index (χ0n) is 13.7.